The third-order valence-electron chi connectivity index (χ3n) is 3.58. The summed E-state index contributed by atoms with van der Waals surface area (Å²) in [5.41, 5.74) is -0.590. The van der Waals surface area contributed by atoms with Crippen molar-refractivity contribution in [2.24, 2.45) is 5.41 Å². The van der Waals surface area contributed by atoms with Gasteiger partial charge >= 0.3 is 5.97 Å². The molecule has 5 nitrogen and oxygen atoms in total. The Morgan fingerprint density at radius 3 is 2.89 bits per heavy atom. The second-order valence-corrected chi connectivity index (χ2v) is 5.58. The SMILES string of the molecule is CCCC1(C(=O)O)CCN(c2nc(CC)ns2)C1. The Morgan fingerprint density at radius 2 is 2.33 bits per heavy atom. The number of rotatable bonds is 5. The second-order valence-electron chi connectivity index (χ2n) is 4.85. The highest BCUT2D eigenvalue weighted by Crippen LogP contribution is 2.38. The average molecular weight is 269 g/mol. The van der Waals surface area contributed by atoms with Gasteiger partial charge in [0.25, 0.3) is 0 Å². The zero-order chi connectivity index (χ0) is 13.2. The summed E-state index contributed by atoms with van der Waals surface area (Å²) >= 11 is 1.37. The number of hydrogen-bond acceptors (Lipinski definition) is 5. The minimum atomic E-state index is -0.674. The molecule has 0 aromatic carbocycles. The lowest BCUT2D eigenvalue weighted by Gasteiger charge is -2.23. The first-order valence-corrected chi connectivity index (χ1v) is 7.19. The van der Waals surface area contributed by atoms with Gasteiger partial charge < -0.3 is 10.0 Å². The van der Waals surface area contributed by atoms with Crippen molar-refractivity contribution in [1.82, 2.24) is 9.36 Å². The minimum absolute atomic E-state index is 0.564. The summed E-state index contributed by atoms with van der Waals surface area (Å²) in [4.78, 5) is 18.0. The van der Waals surface area contributed by atoms with E-state index in [1.54, 1.807) is 0 Å². The Hall–Kier alpha value is -1.17. The molecular weight excluding hydrogens is 250 g/mol. The molecule has 1 aliphatic heterocycles. The van der Waals surface area contributed by atoms with E-state index in [1.807, 2.05) is 13.8 Å². The first kappa shape index (κ1) is 13.3. The van der Waals surface area contributed by atoms with Gasteiger partial charge in [-0.05, 0) is 12.8 Å². The van der Waals surface area contributed by atoms with Gasteiger partial charge in [-0.15, -0.1) is 0 Å². The normalized spacial score (nSPS) is 23.6. The lowest BCUT2D eigenvalue weighted by atomic mass is 9.83. The third kappa shape index (κ3) is 2.34. The fourth-order valence-corrected chi connectivity index (χ4v) is 3.29. The topological polar surface area (TPSA) is 66.3 Å². The van der Waals surface area contributed by atoms with Gasteiger partial charge in [-0.1, -0.05) is 20.3 Å². The monoisotopic (exact) mass is 269 g/mol. The third-order valence-corrected chi connectivity index (χ3v) is 4.39. The fraction of sp³-hybridized carbons (Fsp3) is 0.750. The van der Waals surface area contributed by atoms with Gasteiger partial charge in [0.2, 0.25) is 5.13 Å². The number of carboxylic acids is 1. The minimum Gasteiger partial charge on any atom is -0.481 e. The molecule has 6 heteroatoms. The molecule has 0 spiro atoms. The van der Waals surface area contributed by atoms with Crippen molar-refractivity contribution < 1.29 is 9.90 Å². The van der Waals surface area contributed by atoms with Crippen molar-refractivity contribution in [1.29, 1.82) is 0 Å². The summed E-state index contributed by atoms with van der Waals surface area (Å²) in [5.74, 6) is 0.172. The zero-order valence-electron chi connectivity index (χ0n) is 10.8. The Kier molecular flexibility index (Phi) is 3.85. The molecule has 100 valence electrons. The first-order chi connectivity index (χ1) is 8.61. The van der Waals surface area contributed by atoms with Gasteiger partial charge in [0.05, 0.1) is 5.41 Å². The first-order valence-electron chi connectivity index (χ1n) is 6.42. The zero-order valence-corrected chi connectivity index (χ0v) is 11.7. The number of nitrogens with zero attached hydrogens (tertiary/aromatic N) is 3. The Labute approximate surface area is 111 Å². The van der Waals surface area contributed by atoms with Crippen LogP contribution in [0.4, 0.5) is 5.13 Å². The highest BCUT2D eigenvalue weighted by atomic mass is 32.1. The van der Waals surface area contributed by atoms with Crippen molar-refractivity contribution in [3.8, 4) is 0 Å². The van der Waals surface area contributed by atoms with E-state index in [-0.39, 0.29) is 0 Å². The molecule has 2 heterocycles. The van der Waals surface area contributed by atoms with Crippen LogP contribution in [0.15, 0.2) is 0 Å². The summed E-state index contributed by atoms with van der Waals surface area (Å²) in [5, 5.41) is 10.3. The van der Waals surface area contributed by atoms with Crippen LogP contribution in [0.25, 0.3) is 0 Å². The Balaban J connectivity index is 2.13. The summed E-state index contributed by atoms with van der Waals surface area (Å²) in [6, 6.07) is 0. The number of aromatic nitrogens is 2. The molecule has 1 N–H and O–H groups in total. The molecule has 1 aromatic rings. The number of aryl methyl sites for hydroxylation is 1. The van der Waals surface area contributed by atoms with Crippen molar-refractivity contribution in [2.45, 2.75) is 39.5 Å². The molecule has 0 aliphatic carbocycles. The van der Waals surface area contributed by atoms with Crippen LogP contribution in [0, 0.1) is 5.41 Å². The number of carboxylic acid groups (broad SMARTS) is 1. The van der Waals surface area contributed by atoms with Gasteiger partial charge in [-0.25, -0.2) is 4.98 Å². The maximum absolute atomic E-state index is 11.5. The average Bonchev–Trinajstić information content (AvgIpc) is 2.95. The highest BCUT2D eigenvalue weighted by Gasteiger charge is 2.44. The van der Waals surface area contributed by atoms with Crippen LogP contribution in [0.5, 0.6) is 0 Å². The predicted molar refractivity (Wildman–Crippen MR) is 71.1 cm³/mol. The van der Waals surface area contributed by atoms with Gasteiger partial charge in [-0.2, -0.15) is 4.37 Å². The lowest BCUT2D eigenvalue weighted by Crippen LogP contribution is -2.34. The maximum Gasteiger partial charge on any atom is 0.311 e. The Morgan fingerprint density at radius 1 is 1.56 bits per heavy atom. The van der Waals surface area contributed by atoms with E-state index in [4.69, 9.17) is 0 Å². The van der Waals surface area contributed by atoms with Crippen molar-refractivity contribution in [2.75, 3.05) is 18.0 Å². The van der Waals surface area contributed by atoms with E-state index in [0.29, 0.717) is 13.0 Å². The van der Waals surface area contributed by atoms with E-state index in [2.05, 4.69) is 14.3 Å². The number of anilines is 1. The largest absolute Gasteiger partial charge is 0.481 e. The van der Waals surface area contributed by atoms with Crippen LogP contribution in [0.3, 0.4) is 0 Å². The molecule has 0 bridgehead atoms. The second kappa shape index (κ2) is 5.22. The summed E-state index contributed by atoms with van der Waals surface area (Å²) < 4.78 is 4.26. The molecule has 0 amide bonds. The molecule has 1 aliphatic rings. The van der Waals surface area contributed by atoms with Gasteiger partial charge in [-0.3, -0.25) is 4.79 Å². The quantitative estimate of drug-likeness (QED) is 0.887. The molecule has 0 radical (unpaired) electrons. The van der Waals surface area contributed by atoms with Crippen LogP contribution >= 0.6 is 11.5 Å². The smallest absolute Gasteiger partial charge is 0.311 e. The fourth-order valence-electron chi connectivity index (χ4n) is 2.52. The number of carbonyl (C=O) groups is 1. The van der Waals surface area contributed by atoms with E-state index >= 15 is 0 Å². The molecule has 1 atom stereocenters. The molecule has 0 saturated carbocycles. The highest BCUT2D eigenvalue weighted by molar-refractivity contribution is 7.09. The van der Waals surface area contributed by atoms with Gasteiger partial charge in [0.15, 0.2) is 0 Å². The molecule has 2 rings (SSSR count). The van der Waals surface area contributed by atoms with Crippen LogP contribution in [-0.2, 0) is 11.2 Å². The Bertz CT molecular complexity index is 435. The number of hydrogen-bond donors (Lipinski definition) is 1. The summed E-state index contributed by atoms with van der Waals surface area (Å²) in [6.07, 6.45) is 3.16. The molecule has 18 heavy (non-hydrogen) atoms. The summed E-state index contributed by atoms with van der Waals surface area (Å²) in [7, 11) is 0. The standard InChI is InChI=1S/C12H19N3O2S/c1-3-5-12(10(16)17)6-7-15(8-12)11-13-9(4-2)14-18-11/h3-8H2,1-2H3,(H,16,17). The van der Waals surface area contributed by atoms with E-state index in [1.165, 1.54) is 11.5 Å². The molecule has 1 aromatic heterocycles. The van der Waals surface area contributed by atoms with Crippen LogP contribution < -0.4 is 4.90 Å². The maximum atomic E-state index is 11.5. The lowest BCUT2D eigenvalue weighted by molar-refractivity contribution is -0.148. The molecule has 1 saturated heterocycles. The number of aliphatic carboxylic acids is 1. The summed E-state index contributed by atoms with van der Waals surface area (Å²) in [6.45, 7) is 5.39. The van der Waals surface area contributed by atoms with Crippen LogP contribution in [-0.4, -0.2) is 33.5 Å². The molecule has 1 unspecified atom stereocenters. The van der Waals surface area contributed by atoms with Crippen molar-refractivity contribution >= 4 is 22.6 Å². The van der Waals surface area contributed by atoms with Crippen molar-refractivity contribution in [3.63, 3.8) is 0 Å². The predicted octanol–water partition coefficient (Wildman–Crippen LogP) is 2.18. The van der Waals surface area contributed by atoms with E-state index in [9.17, 15) is 9.90 Å². The molecule has 1 fully saturated rings. The van der Waals surface area contributed by atoms with Crippen LogP contribution in [0.2, 0.25) is 0 Å². The van der Waals surface area contributed by atoms with E-state index < -0.39 is 11.4 Å². The molecular formula is C12H19N3O2S. The van der Waals surface area contributed by atoms with Crippen LogP contribution in [0.1, 0.15) is 38.9 Å². The van der Waals surface area contributed by atoms with E-state index in [0.717, 1.165) is 36.8 Å². The van der Waals surface area contributed by atoms with Gasteiger partial charge in [0, 0.05) is 31.0 Å². The van der Waals surface area contributed by atoms with Gasteiger partial charge in [0.1, 0.15) is 5.82 Å². The van der Waals surface area contributed by atoms with Crippen molar-refractivity contribution in [3.05, 3.63) is 5.82 Å².